The Morgan fingerprint density at radius 3 is 2.89 bits per heavy atom. The minimum atomic E-state index is -0.0850. The van der Waals surface area contributed by atoms with Crippen LogP contribution >= 0.6 is 0 Å². The summed E-state index contributed by atoms with van der Waals surface area (Å²) >= 11 is 0. The number of pyridine rings is 1. The quantitative estimate of drug-likeness (QED) is 0.375. The van der Waals surface area contributed by atoms with Crippen LogP contribution in [-0.2, 0) is 0 Å². The van der Waals surface area contributed by atoms with Crippen LogP contribution in [0.2, 0.25) is 0 Å². The van der Waals surface area contributed by atoms with Crippen molar-refractivity contribution in [1.82, 2.24) is 4.98 Å². The Labute approximate surface area is 105 Å². The summed E-state index contributed by atoms with van der Waals surface area (Å²) in [5.74, 6) is 1.03. The summed E-state index contributed by atoms with van der Waals surface area (Å²) in [6, 6.07) is 11.0. The topological polar surface area (TPSA) is 80.7 Å². The molecule has 0 aliphatic rings. The van der Waals surface area contributed by atoms with Crippen molar-refractivity contribution in [2.24, 2.45) is 10.9 Å². The molecule has 18 heavy (non-hydrogen) atoms. The minimum Gasteiger partial charge on any atom is -0.455 e. The number of nitrogens with zero attached hydrogens (tertiary/aromatic N) is 2. The van der Waals surface area contributed by atoms with Gasteiger partial charge < -0.3 is 15.7 Å². The largest absolute Gasteiger partial charge is 0.455 e. The summed E-state index contributed by atoms with van der Waals surface area (Å²) in [6.07, 6.45) is 1.55. The predicted octanol–water partition coefficient (Wildman–Crippen LogP) is 2.28. The van der Waals surface area contributed by atoms with Crippen molar-refractivity contribution in [3.63, 3.8) is 0 Å². The number of amidine groups is 1. The van der Waals surface area contributed by atoms with Crippen LogP contribution in [0.15, 0.2) is 47.8 Å². The first-order valence-electron chi connectivity index (χ1n) is 5.38. The molecule has 0 saturated carbocycles. The number of oxime groups is 1. The fraction of sp³-hybridized carbons (Fsp3) is 0.0769. The summed E-state index contributed by atoms with van der Waals surface area (Å²) in [6.45, 7) is 1.97. The van der Waals surface area contributed by atoms with Gasteiger partial charge >= 0.3 is 0 Å². The van der Waals surface area contributed by atoms with E-state index in [9.17, 15) is 0 Å². The van der Waals surface area contributed by atoms with E-state index in [1.807, 2.05) is 31.2 Å². The zero-order chi connectivity index (χ0) is 13.0. The van der Waals surface area contributed by atoms with E-state index in [0.717, 1.165) is 5.56 Å². The molecule has 2 aromatic rings. The Morgan fingerprint density at radius 1 is 1.33 bits per heavy atom. The maximum Gasteiger partial charge on any atom is 0.192 e. The van der Waals surface area contributed by atoms with Crippen LogP contribution in [0, 0.1) is 6.92 Å². The number of aryl methyl sites for hydroxylation is 1. The molecule has 0 atom stereocenters. The number of benzene rings is 1. The number of rotatable bonds is 3. The molecule has 5 nitrogen and oxygen atoms in total. The van der Waals surface area contributed by atoms with Crippen molar-refractivity contribution in [3.05, 3.63) is 53.9 Å². The van der Waals surface area contributed by atoms with Gasteiger partial charge in [-0.1, -0.05) is 17.3 Å². The highest BCUT2D eigenvalue weighted by atomic mass is 16.5. The second-order valence-electron chi connectivity index (χ2n) is 3.75. The van der Waals surface area contributed by atoms with Crippen molar-refractivity contribution in [1.29, 1.82) is 0 Å². The Bertz CT molecular complexity index is 582. The number of hydrogen-bond acceptors (Lipinski definition) is 4. The zero-order valence-electron chi connectivity index (χ0n) is 9.87. The van der Waals surface area contributed by atoms with Crippen molar-refractivity contribution < 1.29 is 9.94 Å². The van der Waals surface area contributed by atoms with Gasteiger partial charge in [-0.15, -0.1) is 0 Å². The molecule has 1 heterocycles. The van der Waals surface area contributed by atoms with Gasteiger partial charge in [0.05, 0.1) is 0 Å². The lowest BCUT2D eigenvalue weighted by Gasteiger charge is -2.09. The van der Waals surface area contributed by atoms with Gasteiger partial charge in [0.25, 0.3) is 0 Å². The molecular weight excluding hydrogens is 230 g/mol. The lowest BCUT2D eigenvalue weighted by molar-refractivity contribution is 0.318. The van der Waals surface area contributed by atoms with Gasteiger partial charge in [-0.05, 0) is 36.8 Å². The first-order chi connectivity index (χ1) is 8.70. The van der Waals surface area contributed by atoms with Crippen molar-refractivity contribution in [2.75, 3.05) is 0 Å². The molecule has 1 aromatic carbocycles. The Balaban J connectivity index is 2.35. The van der Waals surface area contributed by atoms with Gasteiger partial charge in [-0.3, -0.25) is 0 Å². The lowest BCUT2D eigenvalue weighted by atomic mass is 10.2. The van der Waals surface area contributed by atoms with Gasteiger partial charge in [0.1, 0.15) is 5.75 Å². The highest BCUT2D eigenvalue weighted by molar-refractivity contribution is 5.97. The standard InChI is InChI=1S/C13H13N3O2/c1-9-4-2-5-10(8-9)18-11-6-3-7-15-12(11)13(14)16-17/h2-8,17H,1H3,(H2,14,16). The van der Waals surface area contributed by atoms with Gasteiger partial charge in [-0.25, -0.2) is 4.98 Å². The Morgan fingerprint density at radius 2 is 2.17 bits per heavy atom. The van der Waals surface area contributed by atoms with E-state index in [4.69, 9.17) is 15.7 Å². The zero-order valence-corrected chi connectivity index (χ0v) is 9.87. The molecule has 0 spiro atoms. The first kappa shape index (κ1) is 11.9. The molecule has 0 saturated heterocycles. The van der Waals surface area contributed by atoms with Crippen LogP contribution in [0.3, 0.4) is 0 Å². The fourth-order valence-electron chi connectivity index (χ4n) is 1.52. The summed E-state index contributed by atoms with van der Waals surface area (Å²) in [7, 11) is 0. The molecule has 3 N–H and O–H groups in total. The third-order valence-corrected chi connectivity index (χ3v) is 2.34. The predicted molar refractivity (Wildman–Crippen MR) is 68.0 cm³/mol. The molecule has 0 fully saturated rings. The molecule has 92 valence electrons. The summed E-state index contributed by atoms with van der Waals surface area (Å²) in [5, 5.41) is 11.6. The Hall–Kier alpha value is -2.56. The average molecular weight is 243 g/mol. The lowest BCUT2D eigenvalue weighted by Crippen LogP contribution is -2.15. The molecule has 0 radical (unpaired) electrons. The van der Waals surface area contributed by atoms with E-state index in [1.54, 1.807) is 18.3 Å². The van der Waals surface area contributed by atoms with E-state index in [1.165, 1.54) is 0 Å². The first-order valence-corrected chi connectivity index (χ1v) is 5.38. The molecular formula is C13H13N3O2. The van der Waals surface area contributed by atoms with Crippen molar-refractivity contribution >= 4 is 5.84 Å². The van der Waals surface area contributed by atoms with Gasteiger partial charge in [0.2, 0.25) is 0 Å². The molecule has 0 unspecified atom stereocenters. The molecule has 0 aliphatic heterocycles. The highest BCUT2D eigenvalue weighted by Crippen LogP contribution is 2.24. The van der Waals surface area contributed by atoms with Gasteiger partial charge in [-0.2, -0.15) is 0 Å². The Kier molecular flexibility index (Phi) is 3.43. The highest BCUT2D eigenvalue weighted by Gasteiger charge is 2.10. The maximum atomic E-state index is 8.69. The summed E-state index contributed by atoms with van der Waals surface area (Å²) in [5.41, 5.74) is 6.93. The van der Waals surface area contributed by atoms with E-state index in [2.05, 4.69) is 10.1 Å². The minimum absolute atomic E-state index is 0.0850. The van der Waals surface area contributed by atoms with Crippen LogP contribution < -0.4 is 10.5 Å². The molecule has 2 rings (SSSR count). The van der Waals surface area contributed by atoms with E-state index in [-0.39, 0.29) is 5.84 Å². The second-order valence-corrected chi connectivity index (χ2v) is 3.75. The molecule has 5 heteroatoms. The summed E-state index contributed by atoms with van der Waals surface area (Å²) in [4.78, 5) is 4.03. The summed E-state index contributed by atoms with van der Waals surface area (Å²) < 4.78 is 5.68. The third kappa shape index (κ3) is 2.57. The monoisotopic (exact) mass is 243 g/mol. The number of nitrogens with two attached hydrogens (primary N) is 1. The molecule has 0 amide bonds. The fourth-order valence-corrected chi connectivity index (χ4v) is 1.52. The van der Waals surface area contributed by atoms with Crippen LogP contribution in [0.25, 0.3) is 0 Å². The smallest absolute Gasteiger partial charge is 0.192 e. The van der Waals surface area contributed by atoms with Gasteiger partial charge in [0, 0.05) is 6.20 Å². The average Bonchev–Trinajstić information content (AvgIpc) is 2.38. The van der Waals surface area contributed by atoms with Crippen LogP contribution in [-0.4, -0.2) is 16.0 Å². The van der Waals surface area contributed by atoms with Crippen LogP contribution in [0.4, 0.5) is 0 Å². The van der Waals surface area contributed by atoms with Gasteiger partial charge in [0.15, 0.2) is 17.3 Å². The van der Waals surface area contributed by atoms with E-state index < -0.39 is 0 Å². The van der Waals surface area contributed by atoms with E-state index >= 15 is 0 Å². The number of aromatic nitrogens is 1. The second kappa shape index (κ2) is 5.18. The SMILES string of the molecule is Cc1cccc(Oc2cccnc2/C(N)=N/O)c1. The number of hydrogen-bond donors (Lipinski definition) is 2. The van der Waals surface area contributed by atoms with Crippen LogP contribution in [0.1, 0.15) is 11.3 Å². The van der Waals surface area contributed by atoms with Crippen LogP contribution in [0.5, 0.6) is 11.5 Å². The molecule has 0 aliphatic carbocycles. The molecule has 1 aromatic heterocycles. The van der Waals surface area contributed by atoms with Crippen molar-refractivity contribution in [2.45, 2.75) is 6.92 Å². The molecule has 0 bridgehead atoms. The maximum absolute atomic E-state index is 8.69. The van der Waals surface area contributed by atoms with Crippen molar-refractivity contribution in [3.8, 4) is 11.5 Å². The number of ether oxygens (including phenoxy) is 1. The third-order valence-electron chi connectivity index (χ3n) is 2.34. The van der Waals surface area contributed by atoms with E-state index in [0.29, 0.717) is 17.2 Å². The normalized spacial score (nSPS) is 11.3.